The highest BCUT2D eigenvalue weighted by molar-refractivity contribution is 7.89. The molecule has 9 heteroatoms. The molecule has 8 nitrogen and oxygen atoms in total. The van der Waals surface area contributed by atoms with Crippen molar-refractivity contribution in [1.82, 2.24) is 9.21 Å². The Morgan fingerprint density at radius 1 is 1.35 bits per heavy atom. The van der Waals surface area contributed by atoms with Crippen molar-refractivity contribution in [3.63, 3.8) is 0 Å². The van der Waals surface area contributed by atoms with Crippen molar-refractivity contribution in [3.05, 3.63) is 23.8 Å². The highest BCUT2D eigenvalue weighted by atomic mass is 32.2. The van der Waals surface area contributed by atoms with Crippen LogP contribution in [-0.2, 0) is 14.8 Å². The third-order valence-electron chi connectivity index (χ3n) is 6.46. The number of fused-ring (bicyclic) bond motifs is 1. The van der Waals surface area contributed by atoms with Crippen LogP contribution in [0.1, 0.15) is 52.5 Å². The van der Waals surface area contributed by atoms with Gasteiger partial charge in [0.25, 0.3) is 0 Å². The van der Waals surface area contributed by atoms with E-state index in [0.717, 1.165) is 19.3 Å². The fourth-order valence-electron chi connectivity index (χ4n) is 4.07. The summed E-state index contributed by atoms with van der Waals surface area (Å²) in [6, 6.07) is 3.97. The van der Waals surface area contributed by atoms with Gasteiger partial charge in [-0.15, -0.1) is 0 Å². The number of aliphatic hydroxyl groups excluding tert-OH is 1. The molecule has 34 heavy (non-hydrogen) atoms. The van der Waals surface area contributed by atoms with E-state index in [2.05, 4.69) is 11.8 Å². The Balaban J connectivity index is 2.02. The number of rotatable bonds is 5. The fraction of sp³-hybridized carbons (Fsp3) is 0.640. The summed E-state index contributed by atoms with van der Waals surface area (Å²) >= 11 is 0. The van der Waals surface area contributed by atoms with Gasteiger partial charge < -0.3 is 19.8 Å². The van der Waals surface area contributed by atoms with Crippen molar-refractivity contribution in [1.29, 1.82) is 0 Å². The number of nitrogens with zero attached hydrogens (tertiary/aromatic N) is 2. The summed E-state index contributed by atoms with van der Waals surface area (Å²) < 4.78 is 34.6. The summed E-state index contributed by atoms with van der Waals surface area (Å²) in [4.78, 5) is 14.4. The van der Waals surface area contributed by atoms with Crippen LogP contribution in [0, 0.1) is 23.7 Å². The number of amides is 1. The topological polar surface area (TPSA) is 107 Å². The zero-order valence-electron chi connectivity index (χ0n) is 20.6. The van der Waals surface area contributed by atoms with E-state index in [1.54, 1.807) is 44.9 Å². The number of sulfonamides is 1. The van der Waals surface area contributed by atoms with E-state index >= 15 is 0 Å². The highest BCUT2D eigenvalue weighted by Crippen LogP contribution is 2.35. The maximum Gasteiger partial charge on any atom is 0.247 e. The van der Waals surface area contributed by atoms with E-state index in [-0.39, 0.29) is 41.5 Å². The van der Waals surface area contributed by atoms with Gasteiger partial charge in [-0.25, -0.2) is 8.42 Å². The van der Waals surface area contributed by atoms with Crippen LogP contribution in [0.25, 0.3) is 0 Å². The third kappa shape index (κ3) is 5.92. The highest BCUT2D eigenvalue weighted by Gasteiger charge is 2.39. The molecule has 2 N–H and O–H groups in total. The largest absolute Gasteiger partial charge is 0.487 e. The van der Waals surface area contributed by atoms with Crippen LogP contribution in [0.3, 0.4) is 0 Å². The van der Waals surface area contributed by atoms with Gasteiger partial charge in [0, 0.05) is 37.0 Å². The lowest BCUT2D eigenvalue weighted by Gasteiger charge is -2.38. The van der Waals surface area contributed by atoms with Crippen LogP contribution in [0.2, 0.25) is 0 Å². The molecule has 1 fully saturated rings. The zero-order valence-corrected chi connectivity index (χ0v) is 21.4. The summed E-state index contributed by atoms with van der Waals surface area (Å²) in [7, 11) is -2.20. The van der Waals surface area contributed by atoms with Crippen molar-refractivity contribution in [2.24, 2.45) is 11.8 Å². The molecule has 2 aliphatic rings. The molecule has 0 radical (unpaired) electrons. The number of benzene rings is 1. The molecular formula is C25H36N2O6S. The molecule has 3 rings (SSSR count). The number of hydrogen-bond acceptors (Lipinski definition) is 6. The minimum absolute atomic E-state index is 0.00789. The fourth-order valence-corrected chi connectivity index (χ4v) is 5.90. The first-order valence-electron chi connectivity index (χ1n) is 11.8. The van der Waals surface area contributed by atoms with Gasteiger partial charge in [0.05, 0.1) is 13.2 Å². The Kier molecular flexibility index (Phi) is 7.98. The summed E-state index contributed by atoms with van der Waals surface area (Å²) in [5.74, 6) is 5.63. The third-order valence-corrected chi connectivity index (χ3v) is 8.48. The smallest absolute Gasteiger partial charge is 0.247 e. The Hall–Kier alpha value is -2.12. The van der Waals surface area contributed by atoms with Crippen LogP contribution in [0.4, 0.5) is 0 Å². The van der Waals surface area contributed by atoms with Gasteiger partial charge >= 0.3 is 0 Å². The number of aliphatic hydroxyl groups is 2. The van der Waals surface area contributed by atoms with E-state index in [0.29, 0.717) is 12.1 Å². The van der Waals surface area contributed by atoms with E-state index in [9.17, 15) is 23.4 Å². The number of ether oxygens (including phenoxy) is 1. The van der Waals surface area contributed by atoms with Gasteiger partial charge in [0.2, 0.25) is 15.9 Å². The van der Waals surface area contributed by atoms with Crippen molar-refractivity contribution in [2.75, 3.05) is 26.7 Å². The summed E-state index contributed by atoms with van der Waals surface area (Å²) in [5, 5.41) is 19.7. The predicted octanol–water partition coefficient (Wildman–Crippen LogP) is 1.84. The zero-order chi connectivity index (χ0) is 25.3. The minimum Gasteiger partial charge on any atom is -0.487 e. The average Bonchev–Trinajstić information content (AvgIpc) is 2.72. The van der Waals surface area contributed by atoms with Gasteiger partial charge in [-0.1, -0.05) is 25.2 Å². The van der Waals surface area contributed by atoms with Gasteiger partial charge in [-0.05, 0) is 51.8 Å². The summed E-state index contributed by atoms with van der Waals surface area (Å²) in [6.07, 6.45) is 2.40. The van der Waals surface area contributed by atoms with Crippen LogP contribution < -0.4 is 4.74 Å². The molecule has 0 bridgehead atoms. The maximum atomic E-state index is 13.5. The molecule has 1 aliphatic carbocycles. The van der Waals surface area contributed by atoms with Gasteiger partial charge in [-0.2, -0.15) is 4.31 Å². The molecule has 1 saturated carbocycles. The predicted molar refractivity (Wildman–Crippen MR) is 129 cm³/mol. The molecule has 1 heterocycles. The van der Waals surface area contributed by atoms with Crippen LogP contribution >= 0.6 is 0 Å². The van der Waals surface area contributed by atoms with Gasteiger partial charge in [0.15, 0.2) is 0 Å². The number of carbonyl (C=O) groups excluding carboxylic acids is 1. The molecule has 0 spiro atoms. The summed E-state index contributed by atoms with van der Waals surface area (Å²) in [5.41, 5.74) is -0.699. The molecular weight excluding hydrogens is 456 g/mol. The second-order valence-electron chi connectivity index (χ2n) is 10.1. The summed E-state index contributed by atoms with van der Waals surface area (Å²) in [6.45, 7) is 6.84. The first kappa shape index (κ1) is 26.5. The Bertz CT molecular complexity index is 1070. The van der Waals surface area contributed by atoms with Crippen molar-refractivity contribution in [3.8, 4) is 17.6 Å². The normalized spacial score (nSPS) is 23.7. The van der Waals surface area contributed by atoms with E-state index < -0.39 is 27.8 Å². The first-order chi connectivity index (χ1) is 15.8. The molecule has 0 aromatic heterocycles. The van der Waals surface area contributed by atoms with Crippen LogP contribution in [0.5, 0.6) is 5.75 Å². The van der Waals surface area contributed by atoms with Crippen molar-refractivity contribution < 1.29 is 28.2 Å². The Morgan fingerprint density at radius 2 is 2.03 bits per heavy atom. The molecule has 1 aromatic rings. The molecule has 1 amide bonds. The second-order valence-corrected chi connectivity index (χ2v) is 11.9. The monoisotopic (exact) mass is 492 g/mol. The average molecular weight is 493 g/mol. The number of carbonyl (C=O) groups is 1. The molecule has 188 valence electrons. The van der Waals surface area contributed by atoms with Crippen LogP contribution in [-0.4, -0.2) is 78.2 Å². The van der Waals surface area contributed by atoms with E-state index in [1.807, 2.05) is 6.92 Å². The number of hydrogen-bond donors (Lipinski definition) is 2. The standard InChI is InChI=1S/C25H36N2O6S/c1-17-14-27(18(2)16-28)34(31,32)23-10-9-19(11-12-25(3,4)30)13-21(23)33-22(17)15-26(5)24(29)20-7-6-8-20/h9-10,13,17-18,20,22,28,30H,6-8,14-16H2,1-5H3/t17-,18-,22-/m1/s1. The quantitative estimate of drug-likeness (QED) is 0.608. The second kappa shape index (κ2) is 10.2. The van der Waals surface area contributed by atoms with Gasteiger partial charge in [-0.3, -0.25) is 4.79 Å². The Morgan fingerprint density at radius 3 is 2.59 bits per heavy atom. The molecule has 0 saturated heterocycles. The van der Waals surface area contributed by atoms with E-state index in [1.165, 1.54) is 10.4 Å². The minimum atomic E-state index is -3.95. The van der Waals surface area contributed by atoms with E-state index in [4.69, 9.17) is 4.74 Å². The van der Waals surface area contributed by atoms with Crippen molar-refractivity contribution >= 4 is 15.9 Å². The maximum absolute atomic E-state index is 13.5. The Labute approximate surface area is 202 Å². The van der Waals surface area contributed by atoms with Gasteiger partial charge in [0.1, 0.15) is 22.4 Å². The lowest BCUT2D eigenvalue weighted by molar-refractivity contribution is -0.138. The first-order valence-corrected chi connectivity index (χ1v) is 13.2. The van der Waals surface area contributed by atoms with Crippen molar-refractivity contribution in [2.45, 2.75) is 69.6 Å². The molecule has 3 atom stereocenters. The molecule has 0 unspecified atom stereocenters. The number of likely N-dealkylation sites (N-methyl/N-ethyl adjacent to an activating group) is 1. The lowest BCUT2D eigenvalue weighted by Crippen LogP contribution is -2.50. The van der Waals surface area contributed by atoms with Crippen LogP contribution in [0.15, 0.2) is 23.1 Å². The molecule has 1 aliphatic heterocycles. The lowest BCUT2D eigenvalue weighted by atomic mass is 9.84. The SMILES string of the molecule is C[C@@H]1CN([C@H](C)CO)S(=O)(=O)c2ccc(C#CC(C)(C)O)cc2O[C@@H]1CN(C)C(=O)C1CCC1. The molecule has 1 aromatic carbocycles.